The summed E-state index contributed by atoms with van der Waals surface area (Å²) in [7, 11) is 3.25. The molecular formula is C15H22ClN3O3. The van der Waals surface area contributed by atoms with Crippen LogP contribution < -0.4 is 5.32 Å². The Morgan fingerprint density at radius 3 is 2.55 bits per heavy atom. The number of hydrogen-bond acceptors (Lipinski definition) is 3. The first kappa shape index (κ1) is 18.3. The van der Waals surface area contributed by atoms with Crippen LogP contribution in [0.15, 0.2) is 24.3 Å². The maximum Gasteiger partial charge on any atom is 0.318 e. The van der Waals surface area contributed by atoms with E-state index in [0.717, 1.165) is 5.56 Å². The van der Waals surface area contributed by atoms with Gasteiger partial charge in [-0.3, -0.25) is 4.79 Å². The van der Waals surface area contributed by atoms with Crippen LogP contribution in [0.4, 0.5) is 4.79 Å². The van der Waals surface area contributed by atoms with E-state index >= 15 is 0 Å². The van der Waals surface area contributed by atoms with Crippen molar-refractivity contribution < 1.29 is 14.7 Å². The summed E-state index contributed by atoms with van der Waals surface area (Å²) in [5.41, 5.74) is 0.816. The molecule has 0 aliphatic heterocycles. The molecule has 0 bridgehead atoms. The molecule has 0 fully saturated rings. The Kier molecular flexibility index (Phi) is 7.70. The third-order valence-corrected chi connectivity index (χ3v) is 3.45. The normalized spacial score (nSPS) is 10.2. The molecule has 0 aliphatic rings. The first-order valence-corrected chi connectivity index (χ1v) is 7.40. The maximum atomic E-state index is 12.2. The average Bonchev–Trinajstić information content (AvgIpc) is 2.50. The third-order valence-electron chi connectivity index (χ3n) is 3.08. The van der Waals surface area contributed by atoms with Crippen molar-refractivity contribution >= 4 is 23.5 Å². The molecule has 0 heterocycles. The second-order valence-electron chi connectivity index (χ2n) is 5.04. The zero-order chi connectivity index (χ0) is 16.5. The van der Waals surface area contributed by atoms with Gasteiger partial charge in [-0.1, -0.05) is 29.8 Å². The van der Waals surface area contributed by atoms with Gasteiger partial charge < -0.3 is 20.2 Å². The quantitative estimate of drug-likeness (QED) is 0.793. The SMILES string of the molecule is CN(C)C(=O)CNC(=O)N(CCCO)Cc1ccccc1Cl. The Balaban J connectivity index is 2.69. The lowest BCUT2D eigenvalue weighted by molar-refractivity contribution is -0.127. The molecule has 6 nitrogen and oxygen atoms in total. The van der Waals surface area contributed by atoms with Crippen LogP contribution in [0.3, 0.4) is 0 Å². The Morgan fingerprint density at radius 2 is 1.95 bits per heavy atom. The smallest absolute Gasteiger partial charge is 0.318 e. The molecule has 0 saturated carbocycles. The minimum atomic E-state index is -0.358. The van der Waals surface area contributed by atoms with Crippen LogP contribution in [0, 0.1) is 0 Å². The van der Waals surface area contributed by atoms with Gasteiger partial charge in [0.15, 0.2) is 0 Å². The molecule has 0 aromatic heterocycles. The fourth-order valence-electron chi connectivity index (χ4n) is 1.77. The van der Waals surface area contributed by atoms with E-state index in [1.54, 1.807) is 20.2 Å². The van der Waals surface area contributed by atoms with Crippen molar-refractivity contribution in [3.05, 3.63) is 34.9 Å². The highest BCUT2D eigenvalue weighted by molar-refractivity contribution is 6.31. The molecule has 0 atom stereocenters. The summed E-state index contributed by atoms with van der Waals surface area (Å²) in [6, 6.07) is 6.91. The predicted molar refractivity (Wildman–Crippen MR) is 85.7 cm³/mol. The number of carbonyl (C=O) groups excluding carboxylic acids is 2. The van der Waals surface area contributed by atoms with Crippen LogP contribution in [-0.4, -0.2) is 60.6 Å². The Labute approximate surface area is 135 Å². The van der Waals surface area contributed by atoms with Gasteiger partial charge in [-0.2, -0.15) is 0 Å². The van der Waals surface area contributed by atoms with E-state index in [1.807, 2.05) is 18.2 Å². The van der Waals surface area contributed by atoms with Gasteiger partial charge >= 0.3 is 6.03 Å². The lowest BCUT2D eigenvalue weighted by Crippen LogP contribution is -2.44. The second kappa shape index (κ2) is 9.27. The molecule has 22 heavy (non-hydrogen) atoms. The Hall–Kier alpha value is -1.79. The van der Waals surface area contributed by atoms with E-state index in [4.69, 9.17) is 16.7 Å². The van der Waals surface area contributed by atoms with Crippen molar-refractivity contribution in [2.75, 3.05) is 33.8 Å². The van der Waals surface area contributed by atoms with Gasteiger partial charge in [0.2, 0.25) is 5.91 Å². The topological polar surface area (TPSA) is 72.9 Å². The molecule has 2 N–H and O–H groups in total. The van der Waals surface area contributed by atoms with Crippen LogP contribution in [0.1, 0.15) is 12.0 Å². The third kappa shape index (κ3) is 5.91. The van der Waals surface area contributed by atoms with Crippen molar-refractivity contribution in [1.82, 2.24) is 15.1 Å². The van der Waals surface area contributed by atoms with Crippen LogP contribution in [-0.2, 0) is 11.3 Å². The van der Waals surface area contributed by atoms with Crippen molar-refractivity contribution in [1.29, 1.82) is 0 Å². The number of halogens is 1. The highest BCUT2D eigenvalue weighted by Crippen LogP contribution is 2.17. The monoisotopic (exact) mass is 327 g/mol. The molecule has 7 heteroatoms. The number of carbonyl (C=O) groups is 2. The molecule has 1 aromatic rings. The first-order valence-electron chi connectivity index (χ1n) is 7.03. The maximum absolute atomic E-state index is 12.2. The van der Waals surface area contributed by atoms with Gasteiger partial charge in [-0.05, 0) is 18.1 Å². The van der Waals surface area contributed by atoms with Gasteiger partial charge in [0, 0.05) is 38.8 Å². The molecule has 1 aromatic carbocycles. The summed E-state index contributed by atoms with van der Waals surface area (Å²) in [5.74, 6) is -0.187. The van der Waals surface area contributed by atoms with Gasteiger partial charge in [-0.15, -0.1) is 0 Å². The number of benzene rings is 1. The molecular weight excluding hydrogens is 306 g/mol. The van der Waals surface area contributed by atoms with Gasteiger partial charge in [0.25, 0.3) is 0 Å². The molecule has 0 spiro atoms. The summed E-state index contributed by atoms with van der Waals surface area (Å²) >= 11 is 6.11. The minimum Gasteiger partial charge on any atom is -0.396 e. The van der Waals surface area contributed by atoms with Crippen LogP contribution in [0.2, 0.25) is 5.02 Å². The standard InChI is InChI=1S/C15H22ClN3O3/c1-18(2)14(21)10-17-15(22)19(8-5-9-20)11-12-6-3-4-7-13(12)16/h3-4,6-7,20H,5,8-11H2,1-2H3,(H,17,22). The van der Waals surface area contributed by atoms with Crippen LogP contribution >= 0.6 is 11.6 Å². The number of nitrogens with one attached hydrogen (secondary N) is 1. The fourth-order valence-corrected chi connectivity index (χ4v) is 1.96. The van der Waals surface area contributed by atoms with Crippen molar-refractivity contribution in [3.63, 3.8) is 0 Å². The predicted octanol–water partition coefficient (Wildman–Crippen LogP) is 1.32. The molecule has 0 saturated heterocycles. The summed E-state index contributed by atoms with van der Waals surface area (Å²) in [4.78, 5) is 26.7. The van der Waals surface area contributed by atoms with E-state index < -0.39 is 0 Å². The average molecular weight is 328 g/mol. The van der Waals surface area contributed by atoms with E-state index in [1.165, 1.54) is 9.80 Å². The first-order chi connectivity index (χ1) is 10.5. The highest BCUT2D eigenvalue weighted by Gasteiger charge is 2.16. The van der Waals surface area contributed by atoms with Crippen molar-refractivity contribution in [3.8, 4) is 0 Å². The van der Waals surface area contributed by atoms with Gasteiger partial charge in [0.05, 0.1) is 6.54 Å². The summed E-state index contributed by atoms with van der Waals surface area (Å²) in [5, 5.41) is 12.1. The molecule has 0 unspecified atom stereocenters. The fraction of sp³-hybridized carbons (Fsp3) is 0.467. The number of likely N-dealkylation sites (N-methyl/N-ethyl adjacent to an activating group) is 1. The summed E-state index contributed by atoms with van der Waals surface area (Å²) in [6.45, 7) is 0.623. The summed E-state index contributed by atoms with van der Waals surface area (Å²) in [6.07, 6.45) is 0.458. The number of amides is 3. The van der Waals surface area contributed by atoms with E-state index in [0.29, 0.717) is 24.5 Å². The number of urea groups is 1. The number of aliphatic hydroxyl groups is 1. The lowest BCUT2D eigenvalue weighted by atomic mass is 10.2. The Bertz CT molecular complexity index is 509. The zero-order valence-corrected chi connectivity index (χ0v) is 13.6. The van der Waals surface area contributed by atoms with Crippen molar-refractivity contribution in [2.24, 2.45) is 0 Å². The molecule has 122 valence electrons. The molecule has 3 amide bonds. The molecule has 1 rings (SSSR count). The lowest BCUT2D eigenvalue weighted by Gasteiger charge is -2.23. The molecule has 0 aliphatic carbocycles. The highest BCUT2D eigenvalue weighted by atomic mass is 35.5. The second-order valence-corrected chi connectivity index (χ2v) is 5.44. The summed E-state index contributed by atoms with van der Waals surface area (Å²) < 4.78 is 0. The number of hydrogen-bond donors (Lipinski definition) is 2. The number of rotatable bonds is 7. The van der Waals surface area contributed by atoms with E-state index in [2.05, 4.69) is 5.32 Å². The van der Waals surface area contributed by atoms with Gasteiger partial charge in [0.1, 0.15) is 0 Å². The zero-order valence-electron chi connectivity index (χ0n) is 12.9. The number of nitrogens with zero attached hydrogens (tertiary/aromatic N) is 2. The van der Waals surface area contributed by atoms with E-state index in [9.17, 15) is 9.59 Å². The number of aliphatic hydroxyl groups excluding tert-OH is 1. The molecule has 0 radical (unpaired) electrons. The largest absolute Gasteiger partial charge is 0.396 e. The van der Waals surface area contributed by atoms with Crippen LogP contribution in [0.5, 0.6) is 0 Å². The van der Waals surface area contributed by atoms with Gasteiger partial charge in [-0.25, -0.2) is 4.79 Å². The van der Waals surface area contributed by atoms with Crippen molar-refractivity contribution in [2.45, 2.75) is 13.0 Å². The van der Waals surface area contributed by atoms with E-state index in [-0.39, 0.29) is 25.1 Å². The minimum absolute atomic E-state index is 0.0110. The Morgan fingerprint density at radius 1 is 1.27 bits per heavy atom. The van der Waals surface area contributed by atoms with Crippen LogP contribution in [0.25, 0.3) is 0 Å².